The number of imidazole rings is 1. The summed E-state index contributed by atoms with van der Waals surface area (Å²) in [5, 5.41) is 3.55. The highest BCUT2D eigenvalue weighted by atomic mass is 32.2. The van der Waals surface area contributed by atoms with Crippen molar-refractivity contribution in [1.82, 2.24) is 9.97 Å². The number of carbonyl (C=O) groups excluding carboxylic acids is 2. The molecule has 1 aliphatic heterocycles. The molecule has 1 aromatic heterocycles. The Bertz CT molecular complexity index is 1070. The van der Waals surface area contributed by atoms with Crippen molar-refractivity contribution in [2.45, 2.75) is 31.5 Å². The van der Waals surface area contributed by atoms with Crippen LogP contribution >= 0.6 is 11.8 Å². The summed E-state index contributed by atoms with van der Waals surface area (Å²) in [5.41, 5.74) is 3.08. The maximum Gasteiger partial charge on any atom is 0.237 e. The first-order chi connectivity index (χ1) is 14.0. The van der Waals surface area contributed by atoms with Crippen LogP contribution in [-0.2, 0) is 9.59 Å². The normalized spacial score (nSPS) is 16.3. The predicted molar refractivity (Wildman–Crippen MR) is 115 cm³/mol. The highest BCUT2D eigenvalue weighted by Crippen LogP contribution is 2.32. The number of anilines is 2. The van der Waals surface area contributed by atoms with Gasteiger partial charge in [0.15, 0.2) is 5.16 Å². The van der Waals surface area contributed by atoms with Crippen LogP contribution in [0.4, 0.5) is 11.4 Å². The van der Waals surface area contributed by atoms with E-state index in [9.17, 15) is 9.59 Å². The number of aromatic nitrogens is 2. The zero-order valence-electron chi connectivity index (χ0n) is 16.3. The Morgan fingerprint density at radius 1 is 1.31 bits per heavy atom. The number of H-pyrrole nitrogens is 1. The molecule has 0 saturated heterocycles. The maximum absolute atomic E-state index is 13.1. The second-order valence-electron chi connectivity index (χ2n) is 6.82. The number of hydrogen-bond donors (Lipinski definition) is 2. The molecule has 0 fully saturated rings. The SMILES string of the molecule is CCOc1ccc2nc(SCC(=O)N3c4ccccc4NC(=O)C[C@@H]3C)[nH]c2c1. The van der Waals surface area contributed by atoms with E-state index in [1.165, 1.54) is 11.8 Å². The Kier molecular flexibility index (Phi) is 5.44. The van der Waals surface area contributed by atoms with Crippen molar-refractivity contribution in [2.75, 3.05) is 22.6 Å². The minimum absolute atomic E-state index is 0.0677. The van der Waals surface area contributed by atoms with Gasteiger partial charge < -0.3 is 19.9 Å². The first-order valence-electron chi connectivity index (χ1n) is 9.51. The van der Waals surface area contributed by atoms with Crippen molar-refractivity contribution in [2.24, 2.45) is 0 Å². The smallest absolute Gasteiger partial charge is 0.237 e. The molecule has 150 valence electrons. The molecule has 1 atom stereocenters. The molecule has 2 aromatic carbocycles. The zero-order valence-corrected chi connectivity index (χ0v) is 17.1. The van der Waals surface area contributed by atoms with Gasteiger partial charge in [-0.2, -0.15) is 0 Å². The molecular formula is C21H22N4O3S. The molecule has 0 aliphatic carbocycles. The van der Waals surface area contributed by atoms with Crippen molar-refractivity contribution in [1.29, 1.82) is 0 Å². The van der Waals surface area contributed by atoms with Gasteiger partial charge in [0, 0.05) is 18.5 Å². The van der Waals surface area contributed by atoms with Crippen LogP contribution < -0.4 is 15.0 Å². The largest absolute Gasteiger partial charge is 0.494 e. The molecule has 4 rings (SSSR count). The lowest BCUT2D eigenvalue weighted by molar-refractivity contribution is -0.117. The number of nitrogens with one attached hydrogen (secondary N) is 2. The molecule has 2 heterocycles. The summed E-state index contributed by atoms with van der Waals surface area (Å²) in [6, 6.07) is 12.8. The van der Waals surface area contributed by atoms with E-state index in [2.05, 4.69) is 15.3 Å². The van der Waals surface area contributed by atoms with Crippen LogP contribution in [0.2, 0.25) is 0 Å². The number of thioether (sulfide) groups is 1. The molecule has 2 amide bonds. The molecule has 0 unspecified atom stereocenters. The number of benzene rings is 2. The van der Waals surface area contributed by atoms with Crippen molar-refractivity contribution in [3.63, 3.8) is 0 Å². The van der Waals surface area contributed by atoms with Crippen LogP contribution in [0.25, 0.3) is 11.0 Å². The minimum Gasteiger partial charge on any atom is -0.494 e. The second-order valence-corrected chi connectivity index (χ2v) is 7.79. The van der Waals surface area contributed by atoms with Crippen molar-refractivity contribution >= 4 is 46.0 Å². The van der Waals surface area contributed by atoms with Crippen LogP contribution in [0.3, 0.4) is 0 Å². The van der Waals surface area contributed by atoms with E-state index in [-0.39, 0.29) is 30.0 Å². The van der Waals surface area contributed by atoms with Gasteiger partial charge in [0.05, 0.1) is 34.8 Å². The summed E-state index contributed by atoms with van der Waals surface area (Å²) < 4.78 is 5.52. The van der Waals surface area contributed by atoms with Crippen molar-refractivity contribution in [3.05, 3.63) is 42.5 Å². The summed E-state index contributed by atoms with van der Waals surface area (Å²) >= 11 is 1.35. The molecule has 8 heteroatoms. The zero-order chi connectivity index (χ0) is 20.4. The van der Waals surface area contributed by atoms with E-state index in [0.29, 0.717) is 17.5 Å². The molecule has 0 saturated carbocycles. The number of fused-ring (bicyclic) bond motifs is 2. The number of carbonyl (C=O) groups is 2. The van der Waals surface area contributed by atoms with E-state index in [0.717, 1.165) is 22.5 Å². The van der Waals surface area contributed by atoms with Gasteiger partial charge in [-0.05, 0) is 38.1 Å². The van der Waals surface area contributed by atoms with E-state index in [1.54, 1.807) is 4.90 Å². The minimum atomic E-state index is -0.226. The maximum atomic E-state index is 13.1. The van der Waals surface area contributed by atoms with Crippen LogP contribution in [0.5, 0.6) is 5.75 Å². The Hall–Kier alpha value is -3.00. The van der Waals surface area contributed by atoms with Gasteiger partial charge in [-0.3, -0.25) is 9.59 Å². The average Bonchev–Trinajstić information content (AvgIpc) is 3.04. The highest BCUT2D eigenvalue weighted by Gasteiger charge is 2.29. The van der Waals surface area contributed by atoms with E-state index >= 15 is 0 Å². The van der Waals surface area contributed by atoms with Crippen molar-refractivity contribution < 1.29 is 14.3 Å². The predicted octanol–water partition coefficient (Wildman–Crippen LogP) is 3.82. The molecule has 7 nitrogen and oxygen atoms in total. The molecule has 0 radical (unpaired) electrons. The molecule has 3 aromatic rings. The molecule has 0 bridgehead atoms. The number of aromatic amines is 1. The number of rotatable bonds is 5. The van der Waals surface area contributed by atoms with Crippen LogP contribution in [0.1, 0.15) is 20.3 Å². The van der Waals surface area contributed by atoms with Crippen molar-refractivity contribution in [3.8, 4) is 5.75 Å². The molecule has 29 heavy (non-hydrogen) atoms. The number of para-hydroxylation sites is 2. The van der Waals surface area contributed by atoms with E-state index < -0.39 is 0 Å². The fourth-order valence-corrected chi connectivity index (χ4v) is 4.20. The Labute approximate surface area is 172 Å². The summed E-state index contributed by atoms with van der Waals surface area (Å²) in [7, 11) is 0. The quantitative estimate of drug-likeness (QED) is 0.625. The average molecular weight is 410 g/mol. The summed E-state index contributed by atoms with van der Waals surface area (Å²) in [5.74, 6) is 0.839. The lowest BCUT2D eigenvalue weighted by Gasteiger charge is -2.27. The van der Waals surface area contributed by atoms with Gasteiger partial charge in [-0.15, -0.1) is 0 Å². The van der Waals surface area contributed by atoms with Gasteiger partial charge in [0.1, 0.15) is 5.75 Å². The molecule has 0 spiro atoms. The number of nitrogens with zero attached hydrogens (tertiary/aromatic N) is 2. The van der Waals surface area contributed by atoms with Crippen LogP contribution in [-0.4, -0.2) is 40.2 Å². The lowest BCUT2D eigenvalue weighted by Crippen LogP contribution is -2.40. The monoisotopic (exact) mass is 410 g/mol. The fourth-order valence-electron chi connectivity index (χ4n) is 3.46. The van der Waals surface area contributed by atoms with Gasteiger partial charge in [-0.1, -0.05) is 23.9 Å². The first kappa shape index (κ1) is 19.3. The standard InChI is InChI=1S/C21H22N4O3S/c1-3-28-14-8-9-15-17(11-14)24-21(23-15)29-12-20(27)25-13(2)10-19(26)22-16-6-4-5-7-18(16)25/h4-9,11,13H,3,10,12H2,1-2H3,(H,22,26)(H,23,24)/t13-/m0/s1. The number of ether oxygens (including phenoxy) is 1. The highest BCUT2D eigenvalue weighted by molar-refractivity contribution is 7.99. The number of amides is 2. The van der Waals surface area contributed by atoms with Gasteiger partial charge >= 0.3 is 0 Å². The van der Waals surface area contributed by atoms with Crippen LogP contribution in [0.15, 0.2) is 47.6 Å². The van der Waals surface area contributed by atoms with Gasteiger partial charge in [-0.25, -0.2) is 4.98 Å². The van der Waals surface area contributed by atoms with Crippen LogP contribution in [0, 0.1) is 0 Å². The third-order valence-corrected chi connectivity index (χ3v) is 5.56. The Morgan fingerprint density at radius 3 is 2.97 bits per heavy atom. The molecule has 2 N–H and O–H groups in total. The third-order valence-electron chi connectivity index (χ3n) is 4.70. The second kappa shape index (κ2) is 8.16. The molecular weight excluding hydrogens is 388 g/mol. The number of hydrogen-bond acceptors (Lipinski definition) is 5. The topological polar surface area (TPSA) is 87.3 Å². The Balaban J connectivity index is 1.52. The Morgan fingerprint density at radius 2 is 2.14 bits per heavy atom. The molecule has 1 aliphatic rings. The van der Waals surface area contributed by atoms with E-state index in [4.69, 9.17) is 4.74 Å². The summed E-state index contributed by atoms with van der Waals surface area (Å²) in [6.45, 7) is 4.43. The van der Waals surface area contributed by atoms with Gasteiger partial charge in [0.2, 0.25) is 11.8 Å². The lowest BCUT2D eigenvalue weighted by atomic mass is 10.2. The summed E-state index contributed by atoms with van der Waals surface area (Å²) in [4.78, 5) is 34.6. The van der Waals surface area contributed by atoms with Gasteiger partial charge in [0.25, 0.3) is 0 Å². The fraction of sp³-hybridized carbons (Fsp3) is 0.286. The first-order valence-corrected chi connectivity index (χ1v) is 10.5. The third kappa shape index (κ3) is 4.07. The summed E-state index contributed by atoms with van der Waals surface area (Å²) in [6.07, 6.45) is 0.260. The van der Waals surface area contributed by atoms with E-state index in [1.807, 2.05) is 56.3 Å².